The van der Waals surface area contributed by atoms with Crippen molar-refractivity contribution in [3.63, 3.8) is 0 Å². The number of hydrogen-bond acceptors (Lipinski definition) is 8. The van der Waals surface area contributed by atoms with Gasteiger partial charge in [-0.1, -0.05) is 12.7 Å². The third-order valence-electron chi connectivity index (χ3n) is 6.55. The smallest absolute Gasteiger partial charge is 0.334 e. The molecule has 0 amide bonds. The van der Waals surface area contributed by atoms with Crippen molar-refractivity contribution in [3.05, 3.63) is 34.9 Å². The van der Waals surface area contributed by atoms with Crippen LogP contribution in [0, 0.1) is 5.92 Å². The van der Waals surface area contributed by atoms with Gasteiger partial charge in [0.1, 0.15) is 17.8 Å². The first kappa shape index (κ1) is 19.0. The highest BCUT2D eigenvalue weighted by Crippen LogP contribution is 2.62. The second-order valence-electron chi connectivity index (χ2n) is 7.96. The van der Waals surface area contributed by atoms with Crippen LogP contribution in [-0.4, -0.2) is 63.6 Å². The van der Waals surface area contributed by atoms with Crippen molar-refractivity contribution in [3.8, 4) is 0 Å². The highest BCUT2D eigenvalue weighted by molar-refractivity contribution is 6.09. The second kappa shape index (κ2) is 5.62. The fourth-order valence-corrected chi connectivity index (χ4v) is 4.68. The van der Waals surface area contributed by atoms with Crippen LogP contribution in [0.3, 0.4) is 0 Å². The molecule has 2 N–H and O–H groups in total. The maximum Gasteiger partial charge on any atom is 0.334 e. The van der Waals surface area contributed by atoms with Gasteiger partial charge in [-0.15, -0.1) is 0 Å². The molecule has 0 radical (unpaired) electrons. The minimum atomic E-state index is -1.98. The van der Waals surface area contributed by atoms with Crippen molar-refractivity contribution >= 4 is 17.7 Å². The molecule has 8 heteroatoms. The number of hydrogen-bond donors (Lipinski definition) is 2. The number of rotatable bonds is 2. The lowest BCUT2D eigenvalue weighted by molar-refractivity contribution is -0.162. The summed E-state index contributed by atoms with van der Waals surface area (Å²) in [4.78, 5) is 37.4. The van der Waals surface area contributed by atoms with E-state index in [0.717, 1.165) is 0 Å². The van der Waals surface area contributed by atoms with Crippen LogP contribution in [0.5, 0.6) is 0 Å². The monoisotopic (exact) mass is 390 g/mol. The molecule has 1 saturated carbocycles. The Balaban J connectivity index is 1.90. The molecule has 0 spiro atoms. The van der Waals surface area contributed by atoms with Gasteiger partial charge in [0, 0.05) is 16.7 Å². The van der Waals surface area contributed by atoms with E-state index < -0.39 is 59.3 Å². The Labute approximate surface area is 161 Å². The van der Waals surface area contributed by atoms with Crippen molar-refractivity contribution in [2.45, 2.75) is 63.3 Å². The molecule has 8 nitrogen and oxygen atoms in total. The predicted octanol–water partition coefficient (Wildman–Crippen LogP) is 0.124. The largest absolute Gasteiger partial charge is 0.455 e. The quantitative estimate of drug-likeness (QED) is 0.387. The molecule has 3 fully saturated rings. The third-order valence-corrected chi connectivity index (χ3v) is 6.55. The molecule has 2 aliphatic carbocycles. The Morgan fingerprint density at radius 2 is 2.00 bits per heavy atom. The standard InChI is InChI=1S/C20H22O8/c1-6-7(2)17(23)26-14-9(4)11-13(22)16-19(5,28-16)20(11,25)15-10(12(14)21)8(3)18(24)27-15/h6,10,12,14-16,21,25H,3H2,1-2,4-5H3. The van der Waals surface area contributed by atoms with Gasteiger partial charge in [-0.2, -0.15) is 0 Å². The van der Waals surface area contributed by atoms with E-state index in [9.17, 15) is 24.6 Å². The van der Waals surface area contributed by atoms with Gasteiger partial charge >= 0.3 is 11.9 Å². The lowest BCUT2D eigenvalue weighted by Gasteiger charge is -2.36. The fraction of sp³-hybridized carbons (Fsp3) is 0.550. The number of epoxide rings is 1. The van der Waals surface area contributed by atoms with Crippen molar-refractivity contribution < 1.29 is 38.8 Å². The van der Waals surface area contributed by atoms with Gasteiger partial charge in [-0.25, -0.2) is 9.59 Å². The summed E-state index contributed by atoms with van der Waals surface area (Å²) in [7, 11) is 0. The van der Waals surface area contributed by atoms with E-state index in [-0.39, 0.29) is 16.7 Å². The summed E-state index contributed by atoms with van der Waals surface area (Å²) in [5, 5.41) is 22.7. The molecule has 4 aliphatic rings. The maximum atomic E-state index is 12.9. The minimum absolute atomic E-state index is 0.0313. The van der Waals surface area contributed by atoms with Crippen LogP contribution in [0.4, 0.5) is 0 Å². The first-order valence-corrected chi connectivity index (χ1v) is 9.08. The molecule has 0 bridgehead atoms. The number of ether oxygens (including phenoxy) is 3. The lowest BCUT2D eigenvalue weighted by Crippen LogP contribution is -2.56. The molecule has 2 heterocycles. The number of Topliss-reactive ketones (excluding diaryl/α,β-unsaturated/α-hetero) is 1. The van der Waals surface area contributed by atoms with Crippen LogP contribution in [0.1, 0.15) is 27.7 Å². The van der Waals surface area contributed by atoms with Crippen molar-refractivity contribution in [1.29, 1.82) is 0 Å². The van der Waals surface area contributed by atoms with E-state index in [1.54, 1.807) is 26.8 Å². The zero-order valence-corrected chi connectivity index (χ0v) is 16.0. The summed E-state index contributed by atoms with van der Waals surface area (Å²) < 4.78 is 16.3. The van der Waals surface area contributed by atoms with Crippen molar-refractivity contribution in [2.75, 3.05) is 0 Å². The number of carbonyl (C=O) groups excluding carboxylic acids is 3. The lowest BCUT2D eigenvalue weighted by atomic mass is 9.76. The average Bonchev–Trinajstić information content (AvgIpc) is 3.23. The number of aliphatic hydroxyl groups excluding tert-OH is 1. The molecule has 7 atom stereocenters. The molecule has 2 aliphatic heterocycles. The normalized spacial score (nSPS) is 44.6. The van der Waals surface area contributed by atoms with Crippen LogP contribution < -0.4 is 0 Å². The molecule has 2 saturated heterocycles. The van der Waals surface area contributed by atoms with Crippen LogP contribution >= 0.6 is 0 Å². The Hall–Kier alpha value is -2.29. The summed E-state index contributed by atoms with van der Waals surface area (Å²) in [6.45, 7) is 9.98. The van der Waals surface area contributed by atoms with E-state index in [4.69, 9.17) is 14.2 Å². The molecule has 28 heavy (non-hydrogen) atoms. The molecular formula is C20H22O8. The van der Waals surface area contributed by atoms with Gasteiger partial charge in [-0.05, 0) is 33.3 Å². The summed E-state index contributed by atoms with van der Waals surface area (Å²) in [5.74, 6) is -2.99. The first-order valence-electron chi connectivity index (χ1n) is 9.08. The van der Waals surface area contributed by atoms with E-state index in [1.165, 1.54) is 6.92 Å². The highest BCUT2D eigenvalue weighted by atomic mass is 16.6. The topological polar surface area (TPSA) is 123 Å². The summed E-state index contributed by atoms with van der Waals surface area (Å²) in [6, 6.07) is 0. The number of fused-ring (bicyclic) bond motifs is 5. The van der Waals surface area contributed by atoms with Crippen LogP contribution in [0.2, 0.25) is 0 Å². The predicted molar refractivity (Wildman–Crippen MR) is 93.8 cm³/mol. The van der Waals surface area contributed by atoms with Crippen LogP contribution in [-0.2, 0) is 28.6 Å². The average molecular weight is 390 g/mol. The van der Waals surface area contributed by atoms with E-state index >= 15 is 0 Å². The van der Waals surface area contributed by atoms with Gasteiger partial charge in [-0.3, -0.25) is 4.79 Å². The SMILES string of the molecule is C=C1C(=O)OC2C1C(O)C(OC(=O)C(C)=CC)C(C)=C1C(=O)C3OC3(C)C12O. The number of carbonyl (C=O) groups is 3. The molecule has 0 aromatic heterocycles. The van der Waals surface area contributed by atoms with Crippen LogP contribution in [0.25, 0.3) is 0 Å². The summed E-state index contributed by atoms with van der Waals surface area (Å²) >= 11 is 0. The van der Waals surface area contributed by atoms with Gasteiger partial charge in [0.15, 0.2) is 23.6 Å². The summed E-state index contributed by atoms with van der Waals surface area (Å²) in [5.41, 5.74) is -2.81. The van der Waals surface area contributed by atoms with Gasteiger partial charge in [0.25, 0.3) is 0 Å². The molecular weight excluding hydrogens is 368 g/mol. The number of aliphatic hydroxyl groups is 2. The highest BCUT2D eigenvalue weighted by Gasteiger charge is 2.82. The number of allylic oxidation sites excluding steroid dienone is 1. The molecule has 150 valence electrons. The number of ketones is 1. The Bertz CT molecular complexity index is 898. The first-order chi connectivity index (χ1) is 13.0. The van der Waals surface area contributed by atoms with Gasteiger partial charge in [0.2, 0.25) is 0 Å². The Kier molecular flexibility index (Phi) is 3.82. The minimum Gasteiger partial charge on any atom is -0.455 e. The van der Waals surface area contributed by atoms with E-state index in [1.807, 2.05) is 0 Å². The van der Waals surface area contributed by atoms with Crippen molar-refractivity contribution in [1.82, 2.24) is 0 Å². The summed E-state index contributed by atoms with van der Waals surface area (Å²) in [6.07, 6.45) is -3.29. The molecule has 4 rings (SSSR count). The van der Waals surface area contributed by atoms with Gasteiger partial charge < -0.3 is 24.4 Å². The Morgan fingerprint density at radius 3 is 2.61 bits per heavy atom. The van der Waals surface area contributed by atoms with E-state index in [0.29, 0.717) is 5.57 Å². The van der Waals surface area contributed by atoms with Gasteiger partial charge in [0.05, 0.1) is 5.92 Å². The van der Waals surface area contributed by atoms with Crippen molar-refractivity contribution in [2.24, 2.45) is 5.92 Å². The van der Waals surface area contributed by atoms with E-state index in [2.05, 4.69) is 6.58 Å². The zero-order chi connectivity index (χ0) is 20.8. The van der Waals surface area contributed by atoms with Crippen LogP contribution in [0.15, 0.2) is 34.9 Å². The molecule has 7 unspecified atom stereocenters. The second-order valence-corrected chi connectivity index (χ2v) is 7.96. The number of esters is 2. The zero-order valence-electron chi connectivity index (χ0n) is 16.0. The molecule has 0 aromatic rings. The fourth-order valence-electron chi connectivity index (χ4n) is 4.68. The maximum absolute atomic E-state index is 12.9. The Morgan fingerprint density at radius 1 is 1.36 bits per heavy atom. The molecule has 0 aromatic carbocycles. The third kappa shape index (κ3) is 2.02.